The lowest BCUT2D eigenvalue weighted by molar-refractivity contribution is -0.189. The van der Waals surface area contributed by atoms with Crippen LogP contribution in [0.25, 0.3) is 0 Å². The minimum Gasteiger partial charge on any atom is -0.478 e. The van der Waals surface area contributed by atoms with Crippen LogP contribution in [0, 0.1) is 0 Å². The number of aromatic carboxylic acids is 1. The van der Waals surface area contributed by atoms with Gasteiger partial charge >= 0.3 is 42.2 Å². The van der Waals surface area contributed by atoms with Crippen molar-refractivity contribution >= 4 is 23.7 Å². The van der Waals surface area contributed by atoms with Crippen LogP contribution in [0.1, 0.15) is 28.8 Å². The third kappa shape index (κ3) is 10.1. The van der Waals surface area contributed by atoms with Gasteiger partial charge in [0, 0.05) is 58.9 Å². The van der Waals surface area contributed by atoms with Gasteiger partial charge in [0.1, 0.15) is 0 Å². The SMILES string of the molecule is O=C(O)c1ccccc1CN1CCCN(C(=O)C(F)(F)F)CCN(C(=O)C(F)(F)F)CCCN(C(=O)C(F)(F)F)CC1. The van der Waals surface area contributed by atoms with Gasteiger partial charge in [-0.05, 0) is 24.5 Å². The molecule has 0 unspecified atom stereocenters. The van der Waals surface area contributed by atoms with Crippen LogP contribution in [0.2, 0.25) is 0 Å². The standard InChI is InChI=1S/C24H27F9N4O5/c25-22(26,27)19(40)35-9-4-10-37(21(42)24(31,32)33)14-13-36(20(41)23(28,29)30)8-3-7-34(11-12-35)15-16-5-1-2-6-17(16)18(38)39/h1-2,5-6H,3-4,7-15H2,(H,38,39). The van der Waals surface area contributed by atoms with Crippen molar-refractivity contribution in [3.05, 3.63) is 35.4 Å². The first-order valence-corrected chi connectivity index (χ1v) is 12.4. The number of carboxylic acids is 1. The van der Waals surface area contributed by atoms with E-state index in [2.05, 4.69) is 0 Å². The molecule has 1 heterocycles. The third-order valence-corrected chi connectivity index (χ3v) is 6.32. The summed E-state index contributed by atoms with van der Waals surface area (Å²) < 4.78 is 119. The van der Waals surface area contributed by atoms with Crippen LogP contribution in [0.15, 0.2) is 24.3 Å². The van der Waals surface area contributed by atoms with E-state index in [0.29, 0.717) is 4.90 Å². The number of carboxylic acid groups (broad SMARTS) is 1. The maximum absolute atomic E-state index is 13.3. The minimum absolute atomic E-state index is 0.0772. The van der Waals surface area contributed by atoms with Crippen LogP contribution in [0.5, 0.6) is 0 Å². The highest BCUT2D eigenvalue weighted by atomic mass is 19.4. The molecule has 9 nitrogen and oxygen atoms in total. The average Bonchev–Trinajstić information content (AvgIpc) is 2.87. The van der Waals surface area contributed by atoms with Gasteiger partial charge in [-0.3, -0.25) is 19.3 Å². The Morgan fingerprint density at radius 3 is 1.38 bits per heavy atom. The number of alkyl halides is 9. The molecule has 1 aromatic rings. The van der Waals surface area contributed by atoms with Crippen molar-refractivity contribution in [3.8, 4) is 0 Å². The molecule has 1 N–H and O–H groups in total. The van der Waals surface area contributed by atoms with E-state index in [1.54, 1.807) is 0 Å². The summed E-state index contributed by atoms with van der Waals surface area (Å²) in [7, 11) is 0. The molecule has 3 amide bonds. The lowest BCUT2D eigenvalue weighted by Crippen LogP contribution is -2.50. The summed E-state index contributed by atoms with van der Waals surface area (Å²) in [5, 5.41) is 9.45. The number of hydrogen-bond acceptors (Lipinski definition) is 5. The van der Waals surface area contributed by atoms with E-state index in [1.807, 2.05) is 0 Å². The number of halogens is 9. The molecule has 1 aliphatic heterocycles. The van der Waals surface area contributed by atoms with Crippen molar-refractivity contribution < 1.29 is 63.8 Å². The monoisotopic (exact) mass is 622 g/mol. The summed E-state index contributed by atoms with van der Waals surface area (Å²) >= 11 is 0. The Morgan fingerprint density at radius 2 is 0.976 bits per heavy atom. The number of benzene rings is 1. The number of hydrogen-bond donors (Lipinski definition) is 1. The highest BCUT2D eigenvalue weighted by Crippen LogP contribution is 2.23. The minimum atomic E-state index is -5.46. The summed E-state index contributed by atoms with van der Waals surface area (Å²) in [6.07, 6.45) is -17.1. The van der Waals surface area contributed by atoms with Gasteiger partial charge in [0.15, 0.2) is 0 Å². The summed E-state index contributed by atoms with van der Waals surface area (Å²) in [5.74, 6) is -8.44. The summed E-state index contributed by atoms with van der Waals surface area (Å²) in [6, 6.07) is 5.59. The number of rotatable bonds is 3. The molecule has 0 spiro atoms. The van der Waals surface area contributed by atoms with Crippen LogP contribution in [0.3, 0.4) is 0 Å². The van der Waals surface area contributed by atoms with E-state index < -0.39 is 87.9 Å². The normalized spacial score (nSPS) is 17.5. The van der Waals surface area contributed by atoms with Crippen LogP contribution in [-0.4, -0.2) is 119 Å². The van der Waals surface area contributed by atoms with E-state index in [9.17, 15) is 63.8 Å². The van der Waals surface area contributed by atoms with Gasteiger partial charge in [-0.1, -0.05) is 18.2 Å². The zero-order chi connectivity index (χ0) is 31.9. The Labute approximate surface area is 233 Å². The van der Waals surface area contributed by atoms with Crippen LogP contribution >= 0.6 is 0 Å². The smallest absolute Gasteiger partial charge is 0.471 e. The molecule has 1 saturated heterocycles. The van der Waals surface area contributed by atoms with Gasteiger partial charge < -0.3 is 19.8 Å². The van der Waals surface area contributed by atoms with E-state index in [1.165, 1.54) is 29.2 Å². The molecule has 0 aromatic heterocycles. The number of carbonyl (C=O) groups is 4. The van der Waals surface area contributed by atoms with Crippen molar-refractivity contribution in [2.75, 3.05) is 52.4 Å². The van der Waals surface area contributed by atoms with Crippen molar-refractivity contribution in [3.63, 3.8) is 0 Å². The van der Waals surface area contributed by atoms with Gasteiger partial charge in [-0.2, -0.15) is 39.5 Å². The zero-order valence-corrected chi connectivity index (χ0v) is 21.9. The van der Waals surface area contributed by atoms with E-state index in [-0.39, 0.29) is 47.0 Å². The molecule has 2 rings (SSSR count). The van der Waals surface area contributed by atoms with Crippen molar-refractivity contribution in [2.24, 2.45) is 0 Å². The fourth-order valence-corrected chi connectivity index (χ4v) is 4.30. The topological polar surface area (TPSA) is 101 Å². The third-order valence-electron chi connectivity index (χ3n) is 6.32. The highest BCUT2D eigenvalue weighted by Gasteiger charge is 2.45. The lowest BCUT2D eigenvalue weighted by atomic mass is 10.1. The van der Waals surface area contributed by atoms with Gasteiger partial charge in [0.2, 0.25) is 0 Å². The molecular formula is C24H27F9N4O5. The van der Waals surface area contributed by atoms with Crippen molar-refractivity contribution in [1.29, 1.82) is 0 Å². The largest absolute Gasteiger partial charge is 0.478 e. The fraction of sp³-hybridized carbons (Fsp3) is 0.583. The first-order chi connectivity index (χ1) is 19.3. The molecule has 0 atom stereocenters. The Kier molecular flexibility index (Phi) is 11.6. The molecule has 1 aromatic carbocycles. The maximum atomic E-state index is 13.3. The molecule has 1 aliphatic rings. The predicted molar refractivity (Wildman–Crippen MR) is 126 cm³/mol. The molecule has 1 fully saturated rings. The second kappa shape index (κ2) is 14.1. The van der Waals surface area contributed by atoms with E-state index in [0.717, 1.165) is 0 Å². The summed E-state index contributed by atoms with van der Waals surface area (Å²) in [5.41, 5.74) is 0.0628. The molecule has 42 heavy (non-hydrogen) atoms. The second-order valence-corrected chi connectivity index (χ2v) is 9.32. The Bertz CT molecular complexity index is 1120. The quantitative estimate of drug-likeness (QED) is 0.521. The summed E-state index contributed by atoms with van der Waals surface area (Å²) in [4.78, 5) is 49.5. The predicted octanol–water partition coefficient (Wildman–Crippen LogP) is 3.15. The average molecular weight is 622 g/mol. The first-order valence-electron chi connectivity index (χ1n) is 12.4. The Hall–Kier alpha value is -3.57. The van der Waals surface area contributed by atoms with Crippen molar-refractivity contribution in [1.82, 2.24) is 19.6 Å². The molecule has 0 radical (unpaired) electrons. The molecule has 18 heteroatoms. The number of carbonyl (C=O) groups excluding carboxylic acids is 3. The van der Waals surface area contributed by atoms with Gasteiger partial charge in [0.25, 0.3) is 0 Å². The highest BCUT2D eigenvalue weighted by molar-refractivity contribution is 5.89. The Balaban J connectivity index is 2.41. The Morgan fingerprint density at radius 1 is 0.595 bits per heavy atom. The van der Waals surface area contributed by atoms with Gasteiger partial charge in [-0.15, -0.1) is 0 Å². The van der Waals surface area contributed by atoms with Gasteiger partial charge in [-0.25, -0.2) is 4.79 Å². The molecule has 0 aliphatic carbocycles. The van der Waals surface area contributed by atoms with Crippen LogP contribution in [-0.2, 0) is 20.9 Å². The molecule has 0 saturated carbocycles. The van der Waals surface area contributed by atoms with Crippen LogP contribution < -0.4 is 0 Å². The molecule has 236 valence electrons. The molecule has 0 bridgehead atoms. The van der Waals surface area contributed by atoms with Crippen molar-refractivity contribution in [2.45, 2.75) is 37.9 Å². The lowest BCUT2D eigenvalue weighted by Gasteiger charge is -2.33. The van der Waals surface area contributed by atoms with E-state index in [4.69, 9.17) is 0 Å². The summed E-state index contributed by atoms with van der Waals surface area (Å²) in [6.45, 7) is -5.63. The number of nitrogens with zero attached hydrogens (tertiary/aromatic N) is 4. The second-order valence-electron chi connectivity index (χ2n) is 9.32. The van der Waals surface area contributed by atoms with Crippen LogP contribution in [0.4, 0.5) is 39.5 Å². The maximum Gasteiger partial charge on any atom is 0.471 e. The molecular weight excluding hydrogens is 595 g/mol. The first kappa shape index (κ1) is 34.6. The fourth-order valence-electron chi connectivity index (χ4n) is 4.30. The number of amides is 3. The van der Waals surface area contributed by atoms with Gasteiger partial charge in [0.05, 0.1) is 5.56 Å². The van der Waals surface area contributed by atoms with E-state index >= 15 is 0 Å². The zero-order valence-electron chi connectivity index (χ0n) is 21.9.